The van der Waals surface area contributed by atoms with Crippen LogP contribution < -0.4 is 5.73 Å². The van der Waals surface area contributed by atoms with Crippen LogP contribution >= 0.6 is 0 Å². The van der Waals surface area contributed by atoms with Gasteiger partial charge >= 0.3 is 0 Å². The zero-order valence-corrected chi connectivity index (χ0v) is 9.48. The van der Waals surface area contributed by atoms with E-state index in [2.05, 4.69) is 5.16 Å². The molecule has 0 unspecified atom stereocenters. The molecule has 0 amide bonds. The summed E-state index contributed by atoms with van der Waals surface area (Å²) in [4.78, 5) is 0. The number of oxime groups is 1. The van der Waals surface area contributed by atoms with E-state index in [1.165, 1.54) is 6.07 Å². The van der Waals surface area contributed by atoms with Crippen molar-refractivity contribution in [1.29, 1.82) is 0 Å². The Balaban J connectivity index is 1.81. The van der Waals surface area contributed by atoms with E-state index in [-0.39, 0.29) is 17.7 Å². The zero-order valence-electron chi connectivity index (χ0n) is 9.48. The molecule has 1 aromatic rings. The lowest BCUT2D eigenvalue weighted by Gasteiger charge is -2.06. The second-order valence-corrected chi connectivity index (χ2v) is 4.82. The number of allylic oxidation sites excluding steroid dienone is 2. The summed E-state index contributed by atoms with van der Waals surface area (Å²) in [5.74, 6) is -0.707. The molecule has 18 heavy (non-hydrogen) atoms. The molecule has 0 aromatic heterocycles. The van der Waals surface area contributed by atoms with Crippen LogP contribution in [0.25, 0.3) is 5.57 Å². The van der Waals surface area contributed by atoms with Crippen LogP contribution in [0.1, 0.15) is 12.0 Å². The lowest BCUT2D eigenvalue weighted by Crippen LogP contribution is -2.16. The van der Waals surface area contributed by atoms with Crippen LogP contribution in [-0.4, -0.2) is 11.0 Å². The number of hydrogen-bond acceptors (Lipinski definition) is 2. The van der Waals surface area contributed by atoms with Crippen molar-refractivity contribution in [2.75, 3.05) is 0 Å². The van der Waals surface area contributed by atoms with Crippen molar-refractivity contribution in [2.45, 2.75) is 6.42 Å². The molecular weight excluding hydrogens is 238 g/mol. The monoisotopic (exact) mass is 250 g/mol. The summed E-state index contributed by atoms with van der Waals surface area (Å²) in [6, 6.07) is 3.92. The van der Waals surface area contributed by atoms with E-state index in [1.54, 1.807) is 6.07 Å². The van der Waals surface area contributed by atoms with Crippen molar-refractivity contribution < 1.29 is 14.0 Å². The van der Waals surface area contributed by atoms with Gasteiger partial charge in [0.25, 0.3) is 0 Å². The van der Waals surface area contributed by atoms with E-state index >= 15 is 0 Å². The van der Waals surface area contributed by atoms with Crippen LogP contribution in [0.3, 0.4) is 0 Å². The molecule has 3 nitrogen and oxygen atoms in total. The van der Waals surface area contributed by atoms with E-state index in [9.17, 15) is 8.78 Å². The first-order chi connectivity index (χ1) is 8.61. The van der Waals surface area contributed by atoms with Crippen LogP contribution in [-0.2, 0) is 0 Å². The predicted molar refractivity (Wildman–Crippen MR) is 62.8 cm³/mol. The third-order valence-electron chi connectivity index (χ3n) is 3.83. The summed E-state index contributed by atoms with van der Waals surface area (Å²) >= 11 is 0. The van der Waals surface area contributed by atoms with Gasteiger partial charge < -0.3 is 10.9 Å². The molecule has 0 heterocycles. The molecule has 1 saturated carbocycles. The third-order valence-corrected chi connectivity index (χ3v) is 3.83. The normalized spacial score (nSPS) is 30.0. The van der Waals surface area contributed by atoms with Gasteiger partial charge in [-0.2, -0.15) is 0 Å². The fourth-order valence-corrected chi connectivity index (χ4v) is 2.84. The van der Waals surface area contributed by atoms with Gasteiger partial charge in [-0.25, -0.2) is 8.78 Å². The lowest BCUT2D eigenvalue weighted by atomic mass is 10.0. The van der Waals surface area contributed by atoms with E-state index in [0.29, 0.717) is 11.5 Å². The third kappa shape index (κ3) is 1.58. The molecule has 1 aromatic carbocycles. The predicted octanol–water partition coefficient (Wildman–Crippen LogP) is 2.36. The average molecular weight is 250 g/mol. The fourth-order valence-electron chi connectivity index (χ4n) is 2.84. The number of amidine groups is 1. The van der Waals surface area contributed by atoms with Gasteiger partial charge in [0.15, 0.2) is 11.6 Å². The summed E-state index contributed by atoms with van der Waals surface area (Å²) in [5, 5.41) is 11.6. The Morgan fingerprint density at radius 3 is 2.67 bits per heavy atom. The summed E-state index contributed by atoms with van der Waals surface area (Å²) in [6.45, 7) is 0. The van der Waals surface area contributed by atoms with Crippen LogP contribution in [0.4, 0.5) is 8.78 Å². The standard InChI is InChI=1S/C13H12F2N2O/c14-10-2-1-6(5-11(10)15)7-3-8-9(4-7)12(8)13(16)17-18/h1-3,5,8-9,12,18H,4H2,(H2,16,17)/t8-,9+,12+/m0/s1. The van der Waals surface area contributed by atoms with E-state index in [0.717, 1.165) is 18.1 Å². The second kappa shape index (κ2) is 3.80. The van der Waals surface area contributed by atoms with E-state index in [4.69, 9.17) is 10.9 Å². The number of fused-ring (bicyclic) bond motifs is 1. The van der Waals surface area contributed by atoms with Crippen LogP contribution in [0.2, 0.25) is 0 Å². The largest absolute Gasteiger partial charge is 0.409 e. The van der Waals surface area contributed by atoms with Crippen LogP contribution in [0.5, 0.6) is 0 Å². The molecule has 0 bridgehead atoms. The molecule has 0 spiro atoms. The summed E-state index contributed by atoms with van der Waals surface area (Å²) in [5.41, 5.74) is 7.27. The first-order valence-corrected chi connectivity index (χ1v) is 5.75. The van der Waals surface area contributed by atoms with Crippen molar-refractivity contribution in [3.63, 3.8) is 0 Å². The highest BCUT2D eigenvalue weighted by Crippen LogP contribution is 2.58. The molecule has 2 aliphatic carbocycles. The van der Waals surface area contributed by atoms with Gasteiger partial charge in [-0.15, -0.1) is 0 Å². The second-order valence-electron chi connectivity index (χ2n) is 4.82. The molecule has 3 atom stereocenters. The average Bonchev–Trinajstić information content (AvgIpc) is 2.86. The van der Waals surface area contributed by atoms with Crippen molar-refractivity contribution in [3.05, 3.63) is 41.5 Å². The number of nitrogens with two attached hydrogens (primary N) is 1. The number of rotatable bonds is 2. The lowest BCUT2D eigenvalue weighted by molar-refractivity contribution is 0.316. The number of nitrogens with zero attached hydrogens (tertiary/aromatic N) is 1. The Bertz CT molecular complexity index is 568. The molecule has 3 N–H and O–H groups in total. The molecule has 94 valence electrons. The van der Waals surface area contributed by atoms with E-state index in [1.807, 2.05) is 6.08 Å². The van der Waals surface area contributed by atoms with Gasteiger partial charge in [-0.1, -0.05) is 17.3 Å². The highest BCUT2D eigenvalue weighted by Gasteiger charge is 2.54. The Morgan fingerprint density at radius 2 is 2.11 bits per heavy atom. The maximum absolute atomic E-state index is 13.1. The van der Waals surface area contributed by atoms with Crippen LogP contribution in [0.15, 0.2) is 29.4 Å². The molecule has 0 radical (unpaired) electrons. The van der Waals surface area contributed by atoms with Gasteiger partial charge in [-0.05, 0) is 41.5 Å². The Morgan fingerprint density at radius 1 is 1.33 bits per heavy atom. The minimum absolute atomic E-state index is 0.101. The Labute approximate surface area is 103 Å². The highest BCUT2D eigenvalue weighted by molar-refractivity contribution is 5.88. The first kappa shape index (κ1) is 11.2. The molecule has 2 aliphatic rings. The summed E-state index contributed by atoms with van der Waals surface area (Å²) in [6.07, 6.45) is 2.77. The zero-order chi connectivity index (χ0) is 12.9. The Hall–Kier alpha value is -1.91. The summed E-state index contributed by atoms with van der Waals surface area (Å²) in [7, 11) is 0. The number of hydrogen-bond donors (Lipinski definition) is 2. The molecule has 1 fully saturated rings. The quantitative estimate of drug-likeness (QED) is 0.366. The fraction of sp³-hybridized carbons (Fsp3) is 0.308. The smallest absolute Gasteiger partial charge is 0.159 e. The van der Waals surface area contributed by atoms with Gasteiger partial charge in [-0.3, -0.25) is 0 Å². The number of halogens is 2. The van der Waals surface area contributed by atoms with E-state index < -0.39 is 11.6 Å². The van der Waals surface area contributed by atoms with Crippen molar-refractivity contribution in [3.8, 4) is 0 Å². The topological polar surface area (TPSA) is 58.6 Å². The maximum Gasteiger partial charge on any atom is 0.159 e. The maximum atomic E-state index is 13.1. The van der Waals surface area contributed by atoms with Gasteiger partial charge in [0.1, 0.15) is 5.84 Å². The Kier molecular flexibility index (Phi) is 2.36. The first-order valence-electron chi connectivity index (χ1n) is 5.75. The minimum Gasteiger partial charge on any atom is -0.409 e. The van der Waals surface area contributed by atoms with Crippen molar-refractivity contribution >= 4 is 11.4 Å². The molecule has 3 rings (SSSR count). The van der Waals surface area contributed by atoms with Crippen molar-refractivity contribution in [1.82, 2.24) is 0 Å². The van der Waals surface area contributed by atoms with Gasteiger partial charge in [0.05, 0.1) is 0 Å². The highest BCUT2D eigenvalue weighted by atomic mass is 19.2. The van der Waals surface area contributed by atoms with Crippen molar-refractivity contribution in [2.24, 2.45) is 28.6 Å². The number of benzene rings is 1. The minimum atomic E-state index is -0.836. The van der Waals surface area contributed by atoms with Gasteiger partial charge in [0, 0.05) is 5.92 Å². The summed E-state index contributed by atoms with van der Waals surface area (Å²) < 4.78 is 26.0. The van der Waals surface area contributed by atoms with Gasteiger partial charge in [0.2, 0.25) is 0 Å². The SMILES string of the molecule is N/C(=N\O)[C@@H]1[C@H]2C=C(c3ccc(F)c(F)c3)C[C@H]21. The molecule has 5 heteroatoms. The van der Waals surface area contributed by atoms with Crippen LogP contribution in [0, 0.1) is 29.4 Å². The molecule has 0 saturated heterocycles. The molecule has 0 aliphatic heterocycles. The molecular formula is C13H12F2N2O.